The zero-order valence-electron chi connectivity index (χ0n) is 13.3. The molecule has 0 aromatic carbocycles. The molecule has 0 unspecified atom stereocenters. The minimum Gasteiger partial charge on any atom is -0.395 e. The molecule has 1 aromatic rings. The van der Waals surface area contributed by atoms with Crippen LogP contribution in [0.2, 0.25) is 4.34 Å². The fourth-order valence-corrected chi connectivity index (χ4v) is 5.85. The lowest BCUT2D eigenvalue weighted by molar-refractivity contribution is 0.175. The quantitative estimate of drug-likeness (QED) is 0.647. The van der Waals surface area contributed by atoms with E-state index >= 15 is 0 Å². The molecule has 1 saturated carbocycles. The van der Waals surface area contributed by atoms with Gasteiger partial charge in [-0.1, -0.05) is 18.5 Å². The van der Waals surface area contributed by atoms with Gasteiger partial charge < -0.3 is 10.4 Å². The van der Waals surface area contributed by atoms with Gasteiger partial charge in [0.1, 0.15) is 4.21 Å². The molecule has 3 N–H and O–H groups in total. The molecule has 1 heterocycles. The number of rotatable bonds is 8. The first kappa shape index (κ1) is 19.1. The summed E-state index contributed by atoms with van der Waals surface area (Å²) in [6, 6.07) is 3.14. The normalized spacial score (nSPS) is 23.8. The minimum absolute atomic E-state index is 0.171. The van der Waals surface area contributed by atoms with E-state index in [0.717, 1.165) is 50.0 Å². The van der Waals surface area contributed by atoms with Crippen LogP contribution in [0.15, 0.2) is 16.3 Å². The van der Waals surface area contributed by atoms with Crippen LogP contribution in [0.1, 0.15) is 39.0 Å². The van der Waals surface area contributed by atoms with Crippen LogP contribution in [0.25, 0.3) is 0 Å². The van der Waals surface area contributed by atoms with Crippen molar-refractivity contribution in [3.63, 3.8) is 0 Å². The molecule has 0 amide bonds. The van der Waals surface area contributed by atoms with Crippen LogP contribution in [0, 0.1) is 5.92 Å². The Kier molecular flexibility index (Phi) is 7.31. The van der Waals surface area contributed by atoms with Gasteiger partial charge in [-0.2, -0.15) is 0 Å². The van der Waals surface area contributed by atoms with Gasteiger partial charge >= 0.3 is 0 Å². The molecule has 0 aliphatic heterocycles. The fourth-order valence-electron chi connectivity index (χ4n) is 3.06. The van der Waals surface area contributed by atoms with E-state index in [1.54, 1.807) is 6.07 Å². The Morgan fingerprint density at radius 1 is 1.35 bits per heavy atom. The molecular weight excluding hydrogens is 356 g/mol. The molecule has 23 heavy (non-hydrogen) atoms. The van der Waals surface area contributed by atoms with Crippen LogP contribution in [0.3, 0.4) is 0 Å². The number of thiophene rings is 1. The van der Waals surface area contributed by atoms with E-state index in [1.165, 1.54) is 6.07 Å². The Morgan fingerprint density at radius 3 is 2.57 bits per heavy atom. The Bertz CT molecular complexity index is 583. The topological polar surface area (TPSA) is 78.4 Å². The summed E-state index contributed by atoms with van der Waals surface area (Å²) in [6.45, 7) is 2.98. The number of aliphatic hydroxyl groups excluding tert-OH is 1. The predicted molar refractivity (Wildman–Crippen MR) is 94.6 cm³/mol. The van der Waals surface area contributed by atoms with E-state index in [1.807, 2.05) is 0 Å². The smallest absolute Gasteiger partial charge is 0.250 e. The molecular formula is C15H25ClN2O3S2. The van der Waals surface area contributed by atoms with E-state index in [4.69, 9.17) is 11.6 Å². The third kappa shape index (κ3) is 5.41. The SMILES string of the molecule is CCCNC1CCC([C@@H](CO)NS(=O)(=O)c2ccc(Cl)s2)CC1. The number of nitrogens with one attached hydrogen (secondary N) is 2. The van der Waals surface area contributed by atoms with Crippen molar-refractivity contribution in [2.24, 2.45) is 5.92 Å². The Morgan fingerprint density at radius 2 is 2.04 bits per heavy atom. The molecule has 132 valence electrons. The molecule has 1 aliphatic rings. The van der Waals surface area contributed by atoms with Crippen molar-refractivity contribution in [2.45, 2.75) is 55.3 Å². The average Bonchev–Trinajstić information content (AvgIpc) is 2.99. The van der Waals surface area contributed by atoms with E-state index in [9.17, 15) is 13.5 Å². The second-order valence-corrected chi connectivity index (χ2v) is 9.69. The van der Waals surface area contributed by atoms with Crippen LogP contribution in [-0.4, -0.2) is 38.8 Å². The number of sulfonamides is 1. The van der Waals surface area contributed by atoms with E-state index in [2.05, 4.69) is 17.0 Å². The molecule has 5 nitrogen and oxygen atoms in total. The van der Waals surface area contributed by atoms with Crippen molar-refractivity contribution in [3.8, 4) is 0 Å². The summed E-state index contributed by atoms with van der Waals surface area (Å²) in [5, 5.41) is 13.1. The summed E-state index contributed by atoms with van der Waals surface area (Å²) in [5.74, 6) is 0.171. The first-order valence-corrected chi connectivity index (χ1v) is 10.8. The predicted octanol–water partition coefficient (Wildman–Crippen LogP) is 2.60. The van der Waals surface area contributed by atoms with Gasteiger partial charge in [0, 0.05) is 12.1 Å². The number of halogens is 1. The number of hydrogen-bond acceptors (Lipinski definition) is 5. The Balaban J connectivity index is 1.93. The lowest BCUT2D eigenvalue weighted by Crippen LogP contribution is -2.45. The van der Waals surface area contributed by atoms with Gasteiger partial charge in [0.25, 0.3) is 0 Å². The average molecular weight is 381 g/mol. The molecule has 1 atom stereocenters. The van der Waals surface area contributed by atoms with Crippen LogP contribution in [0.4, 0.5) is 0 Å². The number of hydrogen-bond donors (Lipinski definition) is 3. The van der Waals surface area contributed by atoms with Gasteiger partial charge in [0.2, 0.25) is 10.0 Å². The van der Waals surface area contributed by atoms with Crippen molar-refractivity contribution >= 4 is 33.0 Å². The largest absolute Gasteiger partial charge is 0.395 e. The van der Waals surface area contributed by atoms with Crippen molar-refractivity contribution in [3.05, 3.63) is 16.5 Å². The summed E-state index contributed by atoms with van der Waals surface area (Å²) in [6.07, 6.45) is 4.99. The number of aliphatic hydroxyl groups is 1. The highest BCUT2D eigenvalue weighted by Crippen LogP contribution is 2.29. The van der Waals surface area contributed by atoms with Gasteiger partial charge in [-0.15, -0.1) is 11.3 Å². The van der Waals surface area contributed by atoms with E-state index in [0.29, 0.717) is 10.4 Å². The van der Waals surface area contributed by atoms with Gasteiger partial charge in [-0.25, -0.2) is 13.1 Å². The van der Waals surface area contributed by atoms with E-state index in [-0.39, 0.29) is 16.7 Å². The van der Waals surface area contributed by atoms with Crippen LogP contribution in [-0.2, 0) is 10.0 Å². The molecule has 0 bridgehead atoms. The molecule has 0 saturated heterocycles. The van der Waals surface area contributed by atoms with Crippen LogP contribution in [0.5, 0.6) is 0 Å². The maximum atomic E-state index is 12.4. The zero-order chi connectivity index (χ0) is 16.9. The summed E-state index contributed by atoms with van der Waals surface area (Å²) in [5.41, 5.74) is 0. The zero-order valence-corrected chi connectivity index (χ0v) is 15.7. The van der Waals surface area contributed by atoms with Crippen molar-refractivity contribution < 1.29 is 13.5 Å². The highest BCUT2D eigenvalue weighted by Gasteiger charge is 2.30. The minimum atomic E-state index is -3.62. The maximum Gasteiger partial charge on any atom is 0.250 e. The molecule has 1 fully saturated rings. The Labute approximate surface area is 147 Å². The molecule has 1 aromatic heterocycles. The van der Waals surface area contributed by atoms with Crippen LogP contribution >= 0.6 is 22.9 Å². The standard InChI is InChI=1S/C15H25ClN2O3S2/c1-2-9-17-12-5-3-11(4-6-12)13(10-19)18-23(20,21)15-8-7-14(16)22-15/h7-8,11-13,17-19H,2-6,9-10H2,1H3/t11?,12?,13-/m1/s1. The summed E-state index contributed by atoms with van der Waals surface area (Å²) < 4.78 is 28.0. The lowest BCUT2D eigenvalue weighted by atomic mass is 9.82. The highest BCUT2D eigenvalue weighted by molar-refractivity contribution is 7.91. The second kappa shape index (κ2) is 8.78. The van der Waals surface area contributed by atoms with Crippen molar-refractivity contribution in [1.82, 2.24) is 10.0 Å². The molecule has 0 spiro atoms. The first-order valence-electron chi connectivity index (χ1n) is 8.08. The lowest BCUT2D eigenvalue weighted by Gasteiger charge is -2.33. The third-order valence-electron chi connectivity index (χ3n) is 4.34. The van der Waals surface area contributed by atoms with Gasteiger partial charge in [-0.05, 0) is 56.7 Å². The van der Waals surface area contributed by atoms with Crippen LogP contribution < -0.4 is 10.0 Å². The third-order valence-corrected chi connectivity index (χ3v) is 7.55. The molecule has 0 radical (unpaired) electrons. The fraction of sp³-hybridized carbons (Fsp3) is 0.733. The monoisotopic (exact) mass is 380 g/mol. The highest BCUT2D eigenvalue weighted by atomic mass is 35.5. The summed E-state index contributed by atoms with van der Waals surface area (Å²) in [4.78, 5) is 0. The molecule has 1 aliphatic carbocycles. The van der Waals surface area contributed by atoms with Crippen molar-refractivity contribution in [1.29, 1.82) is 0 Å². The van der Waals surface area contributed by atoms with Crippen molar-refractivity contribution in [2.75, 3.05) is 13.2 Å². The first-order chi connectivity index (χ1) is 11.0. The second-order valence-electron chi connectivity index (χ2n) is 6.03. The van der Waals surface area contributed by atoms with Gasteiger partial charge in [0.05, 0.1) is 10.9 Å². The molecule has 2 rings (SSSR count). The summed E-state index contributed by atoms with van der Waals surface area (Å²) in [7, 11) is -3.62. The molecule has 8 heteroatoms. The Hall–Kier alpha value is -0.180. The summed E-state index contributed by atoms with van der Waals surface area (Å²) >= 11 is 6.84. The van der Waals surface area contributed by atoms with Gasteiger partial charge in [-0.3, -0.25) is 0 Å². The maximum absolute atomic E-state index is 12.4. The van der Waals surface area contributed by atoms with Gasteiger partial charge in [0.15, 0.2) is 0 Å². The van der Waals surface area contributed by atoms with E-state index < -0.39 is 16.1 Å².